The van der Waals surface area contributed by atoms with Crippen molar-refractivity contribution in [2.24, 2.45) is 0 Å². The van der Waals surface area contributed by atoms with Crippen LogP contribution in [0.4, 0.5) is 5.69 Å². The highest BCUT2D eigenvalue weighted by Crippen LogP contribution is 2.48. The summed E-state index contributed by atoms with van der Waals surface area (Å²) in [6, 6.07) is 18.9. The first-order valence-corrected chi connectivity index (χ1v) is 13.9. The standard InChI is InChI=1S/C29H28N3O2S2/c1-3-15-31-16-7-6-10-21(31)18-25-32(19-22-11-8-17-34-22)28(33)27(36-25)29-30(2)26-23-12-5-4-9-20(23)13-14-24(26)35-29/h3-7,9-10,12-14,16,18,22H,1,8,11,15,17,19H2,2H3/q+1/b29-27-. The monoisotopic (exact) mass is 514 g/mol. The maximum atomic E-state index is 13.9. The van der Waals surface area contributed by atoms with Gasteiger partial charge in [-0.25, -0.2) is 0 Å². The van der Waals surface area contributed by atoms with Crippen molar-refractivity contribution in [3.8, 4) is 0 Å². The largest absolute Gasteiger partial charge is 0.376 e. The molecule has 0 N–H and O–H groups in total. The highest BCUT2D eigenvalue weighted by atomic mass is 32.2. The zero-order valence-corrected chi connectivity index (χ0v) is 21.9. The second-order valence-corrected chi connectivity index (χ2v) is 11.2. The molecule has 1 saturated heterocycles. The van der Waals surface area contributed by atoms with Crippen LogP contribution in [0.25, 0.3) is 21.9 Å². The number of allylic oxidation sites excluding steroid dienone is 1. The van der Waals surface area contributed by atoms with E-state index in [9.17, 15) is 4.79 Å². The molecule has 0 spiro atoms. The summed E-state index contributed by atoms with van der Waals surface area (Å²) in [6.07, 6.45) is 8.16. The minimum atomic E-state index is 0.0550. The van der Waals surface area contributed by atoms with Gasteiger partial charge in [-0.05, 0) is 36.4 Å². The highest BCUT2D eigenvalue weighted by Gasteiger charge is 2.27. The lowest BCUT2D eigenvalue weighted by Gasteiger charge is -2.15. The van der Waals surface area contributed by atoms with Crippen LogP contribution in [0.2, 0.25) is 0 Å². The molecule has 7 heteroatoms. The van der Waals surface area contributed by atoms with E-state index < -0.39 is 0 Å². The Bertz CT molecular complexity index is 1650. The number of aromatic nitrogens is 2. The SMILES string of the molecule is C=CC[n+]1ccccc1/C=c1/s/c(=C2\Sc3ccc4ccccc4c3N2C)c(=O)n1CC1CCCO1. The molecule has 0 radical (unpaired) electrons. The molecule has 2 aromatic heterocycles. The summed E-state index contributed by atoms with van der Waals surface area (Å²) in [5.41, 5.74) is 2.27. The third-order valence-corrected chi connectivity index (χ3v) is 9.27. The van der Waals surface area contributed by atoms with Gasteiger partial charge < -0.3 is 9.64 Å². The molecular formula is C29H28N3O2S2+. The summed E-state index contributed by atoms with van der Waals surface area (Å²) < 4.78 is 11.7. The van der Waals surface area contributed by atoms with E-state index in [4.69, 9.17) is 4.74 Å². The van der Waals surface area contributed by atoms with Gasteiger partial charge in [-0.1, -0.05) is 48.7 Å². The molecule has 0 amide bonds. The van der Waals surface area contributed by atoms with E-state index in [0.717, 1.165) is 39.4 Å². The van der Waals surface area contributed by atoms with Gasteiger partial charge in [-0.15, -0.1) is 11.3 Å². The number of fused-ring (bicyclic) bond motifs is 3. The van der Waals surface area contributed by atoms with E-state index in [2.05, 4.69) is 71.6 Å². The van der Waals surface area contributed by atoms with E-state index in [0.29, 0.717) is 13.1 Å². The number of benzene rings is 2. The molecule has 1 atom stereocenters. The number of pyridine rings is 1. The minimum absolute atomic E-state index is 0.0550. The van der Waals surface area contributed by atoms with Crippen LogP contribution in [-0.4, -0.2) is 24.3 Å². The molecule has 6 rings (SSSR count). The zero-order chi connectivity index (χ0) is 24.6. The van der Waals surface area contributed by atoms with Crippen LogP contribution in [0.15, 0.2) is 83.1 Å². The van der Waals surface area contributed by atoms with Crippen LogP contribution in [0.3, 0.4) is 0 Å². The van der Waals surface area contributed by atoms with Gasteiger partial charge in [0.05, 0.1) is 18.3 Å². The summed E-state index contributed by atoms with van der Waals surface area (Å²) in [5, 5.41) is 3.40. The summed E-state index contributed by atoms with van der Waals surface area (Å²) in [7, 11) is 2.07. The molecule has 1 fully saturated rings. The average Bonchev–Trinajstić information content (AvgIpc) is 3.60. The summed E-state index contributed by atoms with van der Waals surface area (Å²) >= 11 is 3.25. The van der Waals surface area contributed by atoms with Gasteiger partial charge in [0.25, 0.3) is 5.56 Å². The number of nitrogens with zero attached hydrogens (tertiary/aromatic N) is 3. The highest BCUT2D eigenvalue weighted by molar-refractivity contribution is 8.08. The quantitative estimate of drug-likeness (QED) is 0.300. The first kappa shape index (κ1) is 23.3. The summed E-state index contributed by atoms with van der Waals surface area (Å²) in [5.74, 6) is 0. The molecular weight excluding hydrogens is 486 g/mol. The number of thioether (sulfide) groups is 1. The second-order valence-electron chi connectivity index (χ2n) is 9.13. The molecule has 0 aliphatic carbocycles. The first-order valence-electron chi connectivity index (χ1n) is 12.2. The molecule has 2 aliphatic rings. The molecule has 5 nitrogen and oxygen atoms in total. The van der Waals surface area contributed by atoms with Gasteiger partial charge in [0, 0.05) is 42.1 Å². The van der Waals surface area contributed by atoms with Crippen LogP contribution in [0, 0.1) is 0 Å². The van der Waals surface area contributed by atoms with Gasteiger partial charge >= 0.3 is 0 Å². The fourth-order valence-electron chi connectivity index (χ4n) is 5.02. The summed E-state index contributed by atoms with van der Waals surface area (Å²) in [4.78, 5) is 17.3. The average molecular weight is 515 g/mol. The number of ether oxygens (including phenoxy) is 1. The Hall–Kier alpha value is -3.13. The summed E-state index contributed by atoms with van der Waals surface area (Å²) in [6.45, 7) is 5.95. The van der Waals surface area contributed by atoms with Crippen LogP contribution in [0.1, 0.15) is 18.5 Å². The Morgan fingerprint density at radius 2 is 2.03 bits per heavy atom. The number of hydrogen-bond acceptors (Lipinski definition) is 5. The van der Waals surface area contributed by atoms with E-state index in [1.807, 2.05) is 29.0 Å². The molecule has 4 aromatic rings. The molecule has 4 heterocycles. The van der Waals surface area contributed by atoms with Crippen LogP contribution in [0.5, 0.6) is 0 Å². The molecule has 36 heavy (non-hydrogen) atoms. The van der Waals surface area contributed by atoms with Crippen molar-refractivity contribution in [2.45, 2.75) is 36.9 Å². The third-order valence-electron chi connectivity index (χ3n) is 6.80. The van der Waals surface area contributed by atoms with Crippen LogP contribution < -0.4 is 24.2 Å². The topological polar surface area (TPSA) is 38.4 Å². The lowest BCUT2D eigenvalue weighted by Crippen LogP contribution is -2.38. The van der Waals surface area contributed by atoms with E-state index in [1.165, 1.54) is 21.4 Å². The van der Waals surface area contributed by atoms with Crippen LogP contribution >= 0.6 is 23.1 Å². The maximum Gasteiger partial charge on any atom is 0.271 e. The molecule has 2 aromatic carbocycles. The van der Waals surface area contributed by atoms with Gasteiger partial charge in [0.2, 0.25) is 5.69 Å². The minimum Gasteiger partial charge on any atom is -0.376 e. The number of rotatable bonds is 5. The Balaban J connectivity index is 1.55. The van der Waals surface area contributed by atoms with E-state index in [1.54, 1.807) is 23.1 Å². The van der Waals surface area contributed by atoms with Crippen LogP contribution in [-0.2, 0) is 17.8 Å². The molecule has 2 aliphatic heterocycles. The van der Waals surface area contributed by atoms with Gasteiger partial charge in [-0.2, -0.15) is 4.57 Å². The molecule has 182 valence electrons. The molecule has 1 unspecified atom stereocenters. The Kier molecular flexibility index (Phi) is 6.29. The van der Waals surface area contributed by atoms with Crippen molar-refractivity contribution in [3.05, 3.63) is 98.7 Å². The Morgan fingerprint density at radius 1 is 1.17 bits per heavy atom. The van der Waals surface area contributed by atoms with Crippen molar-refractivity contribution >= 4 is 50.7 Å². The van der Waals surface area contributed by atoms with E-state index >= 15 is 0 Å². The Morgan fingerprint density at radius 3 is 2.86 bits per heavy atom. The van der Waals surface area contributed by atoms with Crippen molar-refractivity contribution in [1.29, 1.82) is 0 Å². The molecule has 0 bridgehead atoms. The Labute approximate surface area is 218 Å². The third kappa shape index (κ3) is 4.11. The van der Waals surface area contributed by atoms with Gasteiger partial charge in [0.15, 0.2) is 12.7 Å². The van der Waals surface area contributed by atoms with Crippen molar-refractivity contribution in [3.63, 3.8) is 0 Å². The maximum absolute atomic E-state index is 13.9. The van der Waals surface area contributed by atoms with Crippen molar-refractivity contribution in [1.82, 2.24) is 4.57 Å². The number of thiazole rings is 1. The van der Waals surface area contributed by atoms with Crippen molar-refractivity contribution < 1.29 is 9.30 Å². The van der Waals surface area contributed by atoms with Crippen molar-refractivity contribution in [2.75, 3.05) is 18.6 Å². The smallest absolute Gasteiger partial charge is 0.271 e. The normalized spacial score (nSPS) is 19.3. The zero-order valence-electron chi connectivity index (χ0n) is 20.2. The van der Waals surface area contributed by atoms with Gasteiger partial charge in [-0.3, -0.25) is 9.36 Å². The lowest BCUT2D eigenvalue weighted by molar-refractivity contribution is -0.688. The first-order chi connectivity index (χ1) is 17.6. The lowest BCUT2D eigenvalue weighted by atomic mass is 10.1. The fraction of sp³-hybridized carbons (Fsp3) is 0.241. The molecule has 0 saturated carbocycles. The predicted molar refractivity (Wildman–Crippen MR) is 149 cm³/mol. The fourth-order valence-corrected chi connectivity index (χ4v) is 7.45. The second kappa shape index (κ2) is 9.73. The van der Waals surface area contributed by atoms with Gasteiger partial charge in [0.1, 0.15) is 14.2 Å². The number of anilines is 1. The number of hydrogen-bond donors (Lipinski definition) is 0. The predicted octanol–water partition coefficient (Wildman–Crippen LogP) is 3.85. The van der Waals surface area contributed by atoms with E-state index in [-0.39, 0.29) is 11.7 Å².